The van der Waals surface area contributed by atoms with Crippen LogP contribution in [0.4, 0.5) is 4.39 Å². The van der Waals surface area contributed by atoms with Gasteiger partial charge in [0.25, 0.3) is 0 Å². The second kappa shape index (κ2) is 11.2. The molecule has 1 atom stereocenters. The van der Waals surface area contributed by atoms with Crippen LogP contribution in [0.2, 0.25) is 5.02 Å². The maximum Gasteiger partial charge on any atom is 0.242 e. The fraction of sp³-hybridized carbons (Fsp3) is 0.364. The standard InChI is InChI=1S/C22H26ClFN2O2S/c1-15(2)25-22(28)16(3)26(12-18-6-4-5-7-20(18)23)21(27)14-29-13-17-8-10-19(24)11-9-17/h4-11,15-16H,12-14H2,1-3H3,(H,25,28). The lowest BCUT2D eigenvalue weighted by molar-refractivity contribution is -0.138. The fourth-order valence-corrected chi connectivity index (χ4v) is 3.78. The van der Waals surface area contributed by atoms with Crippen LogP contribution in [0, 0.1) is 5.82 Å². The highest BCUT2D eigenvalue weighted by atomic mass is 35.5. The van der Waals surface area contributed by atoms with Crippen molar-refractivity contribution in [1.29, 1.82) is 0 Å². The molecule has 0 aliphatic heterocycles. The van der Waals surface area contributed by atoms with E-state index >= 15 is 0 Å². The van der Waals surface area contributed by atoms with Crippen LogP contribution >= 0.6 is 23.4 Å². The number of rotatable bonds is 9. The number of hydrogen-bond donors (Lipinski definition) is 1. The summed E-state index contributed by atoms with van der Waals surface area (Å²) in [5.74, 6) is 0.151. The summed E-state index contributed by atoms with van der Waals surface area (Å²) in [6.45, 7) is 5.73. The first-order valence-corrected chi connectivity index (χ1v) is 11.0. The lowest BCUT2D eigenvalue weighted by Gasteiger charge is -2.29. The van der Waals surface area contributed by atoms with E-state index in [1.165, 1.54) is 23.9 Å². The number of nitrogens with zero attached hydrogens (tertiary/aromatic N) is 1. The van der Waals surface area contributed by atoms with Crippen LogP contribution in [0.3, 0.4) is 0 Å². The molecule has 2 amide bonds. The van der Waals surface area contributed by atoms with Gasteiger partial charge in [0, 0.05) is 23.4 Å². The Morgan fingerprint density at radius 2 is 1.76 bits per heavy atom. The lowest BCUT2D eigenvalue weighted by Crippen LogP contribution is -2.49. The summed E-state index contributed by atoms with van der Waals surface area (Å²) in [5, 5.41) is 3.41. The molecule has 7 heteroatoms. The molecule has 0 aliphatic carbocycles. The lowest BCUT2D eigenvalue weighted by atomic mass is 10.1. The van der Waals surface area contributed by atoms with Crippen molar-refractivity contribution in [2.24, 2.45) is 0 Å². The van der Waals surface area contributed by atoms with E-state index in [4.69, 9.17) is 11.6 Å². The van der Waals surface area contributed by atoms with Gasteiger partial charge in [-0.2, -0.15) is 0 Å². The Kier molecular flexibility index (Phi) is 8.99. The zero-order valence-corrected chi connectivity index (χ0v) is 18.4. The first-order valence-electron chi connectivity index (χ1n) is 9.43. The number of halogens is 2. The molecule has 0 aromatic heterocycles. The van der Waals surface area contributed by atoms with Crippen LogP contribution in [0.25, 0.3) is 0 Å². The van der Waals surface area contributed by atoms with Gasteiger partial charge < -0.3 is 10.2 Å². The SMILES string of the molecule is CC(C)NC(=O)C(C)N(Cc1ccccc1Cl)C(=O)CSCc1ccc(F)cc1. The van der Waals surface area contributed by atoms with E-state index in [9.17, 15) is 14.0 Å². The highest BCUT2D eigenvalue weighted by Crippen LogP contribution is 2.20. The summed E-state index contributed by atoms with van der Waals surface area (Å²) in [6, 6.07) is 12.8. The third kappa shape index (κ3) is 7.37. The average molecular weight is 437 g/mol. The summed E-state index contributed by atoms with van der Waals surface area (Å²) in [7, 11) is 0. The first kappa shape index (κ1) is 23.2. The molecule has 0 fully saturated rings. The Hall–Kier alpha value is -2.05. The molecule has 0 bridgehead atoms. The van der Waals surface area contributed by atoms with Crippen LogP contribution < -0.4 is 5.32 Å². The Labute approximate surface area is 180 Å². The number of hydrogen-bond acceptors (Lipinski definition) is 3. The molecule has 0 spiro atoms. The molecular formula is C22H26ClFN2O2S. The van der Waals surface area contributed by atoms with Gasteiger partial charge in [0.15, 0.2) is 0 Å². The third-order valence-electron chi connectivity index (χ3n) is 4.30. The van der Waals surface area contributed by atoms with E-state index in [-0.39, 0.29) is 36.0 Å². The van der Waals surface area contributed by atoms with Gasteiger partial charge in [0.2, 0.25) is 11.8 Å². The smallest absolute Gasteiger partial charge is 0.242 e. The van der Waals surface area contributed by atoms with Gasteiger partial charge in [-0.15, -0.1) is 11.8 Å². The number of carbonyl (C=O) groups excluding carboxylic acids is 2. The van der Waals surface area contributed by atoms with Gasteiger partial charge in [-0.25, -0.2) is 4.39 Å². The van der Waals surface area contributed by atoms with Crippen molar-refractivity contribution in [2.75, 3.05) is 5.75 Å². The number of thioether (sulfide) groups is 1. The second-order valence-corrected chi connectivity index (χ2v) is 8.46. The van der Waals surface area contributed by atoms with Gasteiger partial charge in [-0.1, -0.05) is 41.9 Å². The van der Waals surface area contributed by atoms with Crippen molar-refractivity contribution in [3.63, 3.8) is 0 Å². The quantitative estimate of drug-likeness (QED) is 0.622. The predicted octanol–water partition coefficient (Wildman–Crippen LogP) is 4.65. The fourth-order valence-electron chi connectivity index (χ4n) is 2.72. The maximum absolute atomic E-state index is 13.0. The summed E-state index contributed by atoms with van der Waals surface area (Å²) in [4.78, 5) is 27.0. The Morgan fingerprint density at radius 3 is 2.38 bits per heavy atom. The Bertz CT molecular complexity index is 830. The molecule has 1 unspecified atom stereocenters. The van der Waals surface area contributed by atoms with Gasteiger partial charge in [-0.3, -0.25) is 9.59 Å². The topological polar surface area (TPSA) is 49.4 Å². The molecule has 2 aromatic rings. The van der Waals surface area contributed by atoms with Crippen LogP contribution in [-0.2, 0) is 21.9 Å². The van der Waals surface area contributed by atoms with Crippen molar-refractivity contribution in [2.45, 2.75) is 45.2 Å². The van der Waals surface area contributed by atoms with Crippen molar-refractivity contribution >= 4 is 35.2 Å². The number of carbonyl (C=O) groups is 2. The summed E-state index contributed by atoms with van der Waals surface area (Å²) in [5.41, 5.74) is 1.72. The molecule has 156 valence electrons. The minimum atomic E-state index is -0.632. The van der Waals surface area contributed by atoms with Crippen LogP contribution in [0.15, 0.2) is 48.5 Å². The van der Waals surface area contributed by atoms with Crippen molar-refractivity contribution in [3.8, 4) is 0 Å². The van der Waals surface area contributed by atoms with E-state index < -0.39 is 6.04 Å². The molecule has 29 heavy (non-hydrogen) atoms. The monoisotopic (exact) mass is 436 g/mol. The second-order valence-electron chi connectivity index (χ2n) is 7.07. The van der Waals surface area contributed by atoms with E-state index in [1.54, 1.807) is 30.0 Å². The maximum atomic E-state index is 13.0. The molecule has 0 radical (unpaired) electrons. The molecule has 2 rings (SSSR count). The zero-order valence-electron chi connectivity index (χ0n) is 16.8. The Balaban J connectivity index is 2.07. The van der Waals surface area contributed by atoms with Crippen molar-refractivity contribution in [3.05, 3.63) is 70.5 Å². The summed E-state index contributed by atoms with van der Waals surface area (Å²) >= 11 is 7.69. The van der Waals surface area contributed by atoms with Crippen molar-refractivity contribution < 1.29 is 14.0 Å². The minimum Gasteiger partial charge on any atom is -0.352 e. The molecule has 4 nitrogen and oxygen atoms in total. The van der Waals surface area contributed by atoms with E-state index in [0.29, 0.717) is 10.8 Å². The molecular weight excluding hydrogens is 411 g/mol. The predicted molar refractivity (Wildman–Crippen MR) is 117 cm³/mol. The number of nitrogens with one attached hydrogen (secondary N) is 1. The minimum absolute atomic E-state index is 0.0185. The number of amides is 2. The zero-order chi connectivity index (χ0) is 21.4. The molecule has 1 N–H and O–H groups in total. The van der Waals surface area contributed by atoms with Gasteiger partial charge in [-0.05, 0) is 50.1 Å². The van der Waals surface area contributed by atoms with E-state index in [1.807, 2.05) is 32.0 Å². The van der Waals surface area contributed by atoms with Crippen LogP contribution in [-0.4, -0.2) is 34.6 Å². The summed E-state index contributed by atoms with van der Waals surface area (Å²) in [6.07, 6.45) is 0. The van der Waals surface area contributed by atoms with E-state index in [2.05, 4.69) is 5.32 Å². The van der Waals surface area contributed by atoms with Gasteiger partial charge in [0.05, 0.1) is 5.75 Å². The highest BCUT2D eigenvalue weighted by molar-refractivity contribution is 7.99. The van der Waals surface area contributed by atoms with Gasteiger partial charge >= 0.3 is 0 Å². The Morgan fingerprint density at radius 1 is 1.10 bits per heavy atom. The highest BCUT2D eigenvalue weighted by Gasteiger charge is 2.26. The van der Waals surface area contributed by atoms with Crippen LogP contribution in [0.1, 0.15) is 31.9 Å². The van der Waals surface area contributed by atoms with E-state index in [0.717, 1.165) is 11.1 Å². The third-order valence-corrected chi connectivity index (χ3v) is 5.66. The molecule has 0 heterocycles. The van der Waals surface area contributed by atoms with Gasteiger partial charge in [0.1, 0.15) is 11.9 Å². The van der Waals surface area contributed by atoms with Crippen LogP contribution in [0.5, 0.6) is 0 Å². The summed E-state index contributed by atoms with van der Waals surface area (Å²) < 4.78 is 13.0. The van der Waals surface area contributed by atoms with Crippen molar-refractivity contribution in [1.82, 2.24) is 10.2 Å². The first-order chi connectivity index (χ1) is 13.8. The molecule has 0 aliphatic rings. The molecule has 0 saturated heterocycles. The molecule has 2 aromatic carbocycles. The normalized spacial score (nSPS) is 11.9. The largest absolute Gasteiger partial charge is 0.352 e. The average Bonchev–Trinajstić information content (AvgIpc) is 2.67. The number of benzene rings is 2. The molecule has 0 saturated carbocycles.